The molecule has 8 heteroatoms. The summed E-state index contributed by atoms with van der Waals surface area (Å²) >= 11 is 0. The van der Waals surface area contributed by atoms with Crippen molar-refractivity contribution in [1.82, 2.24) is 5.43 Å². The monoisotopic (exact) mass is 338 g/mol. The molecule has 0 heterocycles. The van der Waals surface area contributed by atoms with Crippen LogP contribution in [0.5, 0.6) is 0 Å². The Hall–Kier alpha value is -2.45. The maximum atomic E-state index is 12.3. The lowest BCUT2D eigenvalue weighted by Gasteiger charge is -2.25. The fourth-order valence-electron chi connectivity index (χ4n) is 1.86. The fourth-order valence-corrected chi connectivity index (χ4v) is 1.86. The molecule has 0 saturated heterocycles. The lowest BCUT2D eigenvalue weighted by Crippen LogP contribution is -2.53. The van der Waals surface area contributed by atoms with Gasteiger partial charge in [-0.15, -0.1) is 0 Å². The van der Waals surface area contributed by atoms with Gasteiger partial charge in [0, 0.05) is 0 Å². The molecule has 0 bridgehead atoms. The minimum absolute atomic E-state index is 0.101. The van der Waals surface area contributed by atoms with Gasteiger partial charge in [-0.25, -0.2) is 5.43 Å². The van der Waals surface area contributed by atoms with Crippen molar-refractivity contribution in [1.29, 1.82) is 0 Å². The van der Waals surface area contributed by atoms with E-state index in [1.807, 2.05) is 5.43 Å². The summed E-state index contributed by atoms with van der Waals surface area (Å²) in [6.45, 7) is 4.70. The molecule has 0 saturated carbocycles. The molecule has 0 radical (unpaired) electrons. The van der Waals surface area contributed by atoms with Gasteiger partial charge >= 0.3 is 17.9 Å². The Morgan fingerprint density at radius 2 is 1.75 bits per heavy atom. The van der Waals surface area contributed by atoms with E-state index in [0.717, 1.165) is 0 Å². The molecule has 0 fully saturated rings. The third kappa shape index (κ3) is 5.98. The minimum atomic E-state index is -1.73. The van der Waals surface area contributed by atoms with Gasteiger partial charge in [-0.1, -0.05) is 30.3 Å². The summed E-state index contributed by atoms with van der Waals surface area (Å²) in [4.78, 5) is 35.8. The van der Waals surface area contributed by atoms with E-state index in [0.29, 0.717) is 5.56 Å². The number of ether oxygens (including phenoxy) is 2. The number of aliphatic carboxylic acids is 1. The van der Waals surface area contributed by atoms with E-state index in [9.17, 15) is 14.4 Å². The first-order chi connectivity index (χ1) is 11.2. The third-order valence-corrected chi connectivity index (χ3v) is 2.92. The molecule has 0 aromatic heterocycles. The Morgan fingerprint density at radius 1 is 1.17 bits per heavy atom. The number of nitrogens with one attached hydrogen (secondary N) is 1. The first-order valence-corrected chi connectivity index (χ1v) is 7.28. The third-order valence-electron chi connectivity index (χ3n) is 2.92. The van der Waals surface area contributed by atoms with Gasteiger partial charge in [-0.3, -0.25) is 20.2 Å². The average Bonchev–Trinajstić information content (AvgIpc) is 2.48. The molecule has 0 aliphatic heterocycles. The number of benzene rings is 1. The predicted molar refractivity (Wildman–Crippen MR) is 84.3 cm³/mol. The number of hydrazine groups is 1. The largest absolute Gasteiger partial charge is 0.480 e. The van der Waals surface area contributed by atoms with Crippen LogP contribution in [0, 0.1) is 5.92 Å². The number of hydrogen-bond donors (Lipinski definition) is 3. The first kappa shape index (κ1) is 19.6. The summed E-state index contributed by atoms with van der Waals surface area (Å²) < 4.78 is 10.2. The van der Waals surface area contributed by atoms with Gasteiger partial charge in [0.25, 0.3) is 0 Å². The molecule has 0 aliphatic rings. The number of carboxylic acid groups (broad SMARTS) is 1. The number of carboxylic acids is 1. The van der Waals surface area contributed by atoms with Crippen LogP contribution >= 0.6 is 0 Å². The summed E-state index contributed by atoms with van der Waals surface area (Å²) in [5.41, 5.74) is 1.75. The lowest BCUT2D eigenvalue weighted by atomic mass is 10.00. The molecule has 1 aromatic carbocycles. The summed E-state index contributed by atoms with van der Waals surface area (Å²) in [7, 11) is 0. The van der Waals surface area contributed by atoms with Crippen molar-refractivity contribution in [2.24, 2.45) is 11.8 Å². The number of rotatable bonds is 7. The highest BCUT2D eigenvalue weighted by Crippen LogP contribution is 2.16. The zero-order valence-electron chi connectivity index (χ0n) is 13.8. The molecule has 8 nitrogen and oxygen atoms in total. The topological polar surface area (TPSA) is 128 Å². The predicted octanol–water partition coefficient (Wildman–Crippen LogP) is 0.604. The van der Waals surface area contributed by atoms with Crippen LogP contribution in [0.4, 0.5) is 0 Å². The summed E-state index contributed by atoms with van der Waals surface area (Å²) in [6, 6.07) is 7.11. The van der Waals surface area contributed by atoms with Crippen LogP contribution in [-0.2, 0) is 30.5 Å². The number of carbonyl (C=O) groups excluding carboxylic acids is 2. The molecule has 2 unspecified atom stereocenters. The molecule has 0 aliphatic carbocycles. The Balaban J connectivity index is 2.92. The van der Waals surface area contributed by atoms with Crippen LogP contribution in [0.3, 0.4) is 0 Å². The summed E-state index contributed by atoms with van der Waals surface area (Å²) in [6.07, 6.45) is 0. The van der Waals surface area contributed by atoms with E-state index in [1.54, 1.807) is 51.1 Å². The number of hydrogen-bond acceptors (Lipinski definition) is 7. The first-order valence-electron chi connectivity index (χ1n) is 7.28. The van der Waals surface area contributed by atoms with Crippen molar-refractivity contribution in [3.63, 3.8) is 0 Å². The second kappa shape index (κ2) is 8.42. The highest BCUT2D eigenvalue weighted by molar-refractivity contribution is 6.00. The maximum absolute atomic E-state index is 12.3. The highest BCUT2D eigenvalue weighted by atomic mass is 16.6. The van der Waals surface area contributed by atoms with Gasteiger partial charge in [-0.05, 0) is 26.3 Å². The van der Waals surface area contributed by atoms with E-state index in [1.165, 1.54) is 0 Å². The van der Waals surface area contributed by atoms with Crippen molar-refractivity contribution in [3.05, 3.63) is 35.9 Å². The molecule has 1 aromatic rings. The van der Waals surface area contributed by atoms with Gasteiger partial charge in [0.05, 0.1) is 0 Å². The Labute approximate surface area is 139 Å². The van der Waals surface area contributed by atoms with E-state index >= 15 is 0 Å². The van der Waals surface area contributed by atoms with Crippen molar-refractivity contribution in [2.45, 2.75) is 39.0 Å². The average molecular weight is 338 g/mol. The van der Waals surface area contributed by atoms with Gasteiger partial charge in [0.2, 0.25) is 0 Å². The molecular formula is C16H22N2O6. The molecule has 0 amide bonds. The summed E-state index contributed by atoms with van der Waals surface area (Å²) in [5.74, 6) is -0.0707. The zero-order chi connectivity index (χ0) is 18.3. The molecule has 24 heavy (non-hydrogen) atoms. The molecule has 1 rings (SSSR count). The minimum Gasteiger partial charge on any atom is -0.480 e. The van der Waals surface area contributed by atoms with E-state index in [4.69, 9.17) is 20.4 Å². The normalized spacial score (nSPS) is 13.7. The van der Waals surface area contributed by atoms with E-state index in [-0.39, 0.29) is 6.61 Å². The Kier molecular flexibility index (Phi) is 6.87. The lowest BCUT2D eigenvalue weighted by molar-refractivity contribution is -0.174. The molecular weight excluding hydrogens is 316 g/mol. The van der Waals surface area contributed by atoms with Crippen molar-refractivity contribution >= 4 is 17.9 Å². The van der Waals surface area contributed by atoms with Crippen LogP contribution in [-0.4, -0.2) is 34.7 Å². The Morgan fingerprint density at radius 3 is 2.21 bits per heavy atom. The van der Waals surface area contributed by atoms with Crippen molar-refractivity contribution in [3.8, 4) is 0 Å². The Bertz CT molecular complexity index is 582. The van der Waals surface area contributed by atoms with Crippen molar-refractivity contribution in [2.75, 3.05) is 0 Å². The van der Waals surface area contributed by atoms with Crippen LogP contribution in [0.1, 0.15) is 26.3 Å². The molecule has 2 atom stereocenters. The summed E-state index contributed by atoms with van der Waals surface area (Å²) in [5, 5.41) is 9.17. The fraction of sp³-hybridized carbons (Fsp3) is 0.438. The SMILES string of the molecule is CC(C)(C)OC(=O)C(C(=O)OCc1ccccc1)C(NN)C(=O)O. The standard InChI is InChI=1S/C16H22N2O6/c1-16(2,3)24-15(22)11(12(18-17)13(19)20)14(21)23-9-10-7-5-4-6-8-10/h4-8,11-12,18H,9,17H2,1-3H3,(H,19,20). The van der Waals surface area contributed by atoms with Crippen LogP contribution in [0.2, 0.25) is 0 Å². The van der Waals surface area contributed by atoms with Crippen molar-refractivity contribution < 1.29 is 29.0 Å². The highest BCUT2D eigenvalue weighted by Gasteiger charge is 2.42. The number of carbonyl (C=O) groups is 3. The van der Waals surface area contributed by atoms with Gasteiger partial charge < -0.3 is 14.6 Å². The second-order valence-corrected chi connectivity index (χ2v) is 6.09. The molecule has 132 valence electrons. The van der Waals surface area contributed by atoms with Gasteiger partial charge in [0.1, 0.15) is 18.2 Å². The maximum Gasteiger partial charge on any atom is 0.323 e. The second-order valence-electron chi connectivity index (χ2n) is 6.09. The smallest absolute Gasteiger partial charge is 0.323 e. The van der Waals surface area contributed by atoms with Gasteiger partial charge in [-0.2, -0.15) is 0 Å². The van der Waals surface area contributed by atoms with Gasteiger partial charge in [0.15, 0.2) is 5.92 Å². The van der Waals surface area contributed by atoms with Crippen LogP contribution in [0.15, 0.2) is 30.3 Å². The molecule has 0 spiro atoms. The molecule has 4 N–H and O–H groups in total. The van der Waals surface area contributed by atoms with E-state index < -0.39 is 35.5 Å². The van der Waals surface area contributed by atoms with Crippen LogP contribution < -0.4 is 11.3 Å². The number of nitrogens with two attached hydrogens (primary N) is 1. The van der Waals surface area contributed by atoms with Crippen LogP contribution in [0.25, 0.3) is 0 Å². The number of esters is 2. The van der Waals surface area contributed by atoms with E-state index in [2.05, 4.69) is 0 Å². The quantitative estimate of drug-likeness (QED) is 0.285. The zero-order valence-corrected chi connectivity index (χ0v) is 13.8.